The molecule has 0 aromatic rings. The van der Waals surface area contributed by atoms with Crippen LogP contribution in [0.2, 0.25) is 0 Å². The van der Waals surface area contributed by atoms with Crippen LogP contribution in [-0.2, 0) is 19.1 Å². The molecule has 1 N–H and O–H groups in total. The molecular formula is C9H14O5. The number of allylic oxidation sites excluding steroid dienone is 1. The van der Waals surface area contributed by atoms with Crippen LogP contribution in [0.4, 0.5) is 0 Å². The third kappa shape index (κ3) is 4.04. The summed E-state index contributed by atoms with van der Waals surface area (Å²) in [6, 6.07) is 0. The second kappa shape index (κ2) is 7.08. The molecule has 0 aromatic heterocycles. The molecular weight excluding hydrogens is 188 g/mol. The molecule has 80 valence electrons. The number of carbonyl (C=O) groups excluding carboxylic acids is 2. The predicted molar refractivity (Wildman–Crippen MR) is 48.4 cm³/mol. The number of ether oxygens (including phenoxy) is 2. The highest BCUT2D eigenvalue weighted by Gasteiger charge is 2.26. The predicted octanol–water partition coefficient (Wildman–Crippen LogP) is -0.113. The Kier molecular flexibility index (Phi) is 6.39. The van der Waals surface area contributed by atoms with E-state index in [4.69, 9.17) is 5.11 Å². The smallest absolute Gasteiger partial charge is 0.320 e. The highest BCUT2D eigenvalue weighted by molar-refractivity contribution is 5.94. The number of methoxy groups -OCH3 is 2. The fraction of sp³-hybridized carbons (Fsp3) is 0.556. The molecule has 0 spiro atoms. The van der Waals surface area contributed by atoms with Gasteiger partial charge in [-0.25, -0.2) is 0 Å². The number of esters is 2. The van der Waals surface area contributed by atoms with E-state index < -0.39 is 17.9 Å². The van der Waals surface area contributed by atoms with Crippen molar-refractivity contribution in [3.05, 3.63) is 12.2 Å². The summed E-state index contributed by atoms with van der Waals surface area (Å²) in [4.78, 5) is 22.2. The highest BCUT2D eigenvalue weighted by Crippen LogP contribution is 2.08. The minimum atomic E-state index is -0.951. The quantitative estimate of drug-likeness (QED) is 0.382. The Morgan fingerprint density at radius 1 is 1.21 bits per heavy atom. The van der Waals surface area contributed by atoms with Crippen LogP contribution >= 0.6 is 0 Å². The van der Waals surface area contributed by atoms with Crippen LogP contribution in [0.3, 0.4) is 0 Å². The first kappa shape index (κ1) is 12.6. The number of rotatable bonds is 5. The summed E-state index contributed by atoms with van der Waals surface area (Å²) in [5.41, 5.74) is 0. The number of carbonyl (C=O) groups is 2. The van der Waals surface area contributed by atoms with Gasteiger partial charge in [0.15, 0.2) is 5.92 Å². The molecule has 5 heteroatoms. The van der Waals surface area contributed by atoms with Crippen molar-refractivity contribution in [1.82, 2.24) is 0 Å². The molecule has 0 aliphatic rings. The van der Waals surface area contributed by atoms with E-state index in [9.17, 15) is 9.59 Å². The maximum absolute atomic E-state index is 11.1. The van der Waals surface area contributed by atoms with Gasteiger partial charge in [0.25, 0.3) is 0 Å². The van der Waals surface area contributed by atoms with Gasteiger partial charge in [-0.1, -0.05) is 12.2 Å². The van der Waals surface area contributed by atoms with E-state index in [1.165, 1.54) is 26.4 Å². The first-order valence-electron chi connectivity index (χ1n) is 4.08. The van der Waals surface area contributed by atoms with Crippen LogP contribution in [0, 0.1) is 5.92 Å². The zero-order chi connectivity index (χ0) is 11.0. The Morgan fingerprint density at radius 3 is 2.07 bits per heavy atom. The maximum Gasteiger partial charge on any atom is 0.320 e. The molecule has 0 aliphatic heterocycles. The molecule has 0 unspecified atom stereocenters. The van der Waals surface area contributed by atoms with Crippen molar-refractivity contribution < 1.29 is 24.2 Å². The molecule has 0 saturated heterocycles. The molecule has 0 saturated carbocycles. The molecule has 0 atom stereocenters. The molecule has 0 heterocycles. The zero-order valence-corrected chi connectivity index (χ0v) is 8.23. The summed E-state index contributed by atoms with van der Waals surface area (Å²) >= 11 is 0. The van der Waals surface area contributed by atoms with Crippen molar-refractivity contribution in [2.24, 2.45) is 5.92 Å². The average molecular weight is 202 g/mol. The second-order valence-electron chi connectivity index (χ2n) is 2.49. The van der Waals surface area contributed by atoms with E-state index >= 15 is 0 Å². The molecule has 14 heavy (non-hydrogen) atoms. The van der Waals surface area contributed by atoms with Crippen LogP contribution in [0.1, 0.15) is 6.42 Å². The van der Waals surface area contributed by atoms with Crippen molar-refractivity contribution in [3.8, 4) is 0 Å². The lowest BCUT2D eigenvalue weighted by Crippen LogP contribution is -2.25. The molecule has 0 fully saturated rings. The summed E-state index contributed by atoms with van der Waals surface area (Å²) in [5, 5.41) is 8.45. The standard InChI is InChI=1S/C9H14O5/c1-13-8(11)7(9(12)14-2)5-3-4-6-10/h3-4,7,10H,5-6H2,1-2H3/b4-3+. The van der Waals surface area contributed by atoms with Gasteiger partial charge in [-0.05, 0) is 6.42 Å². The maximum atomic E-state index is 11.1. The van der Waals surface area contributed by atoms with E-state index in [0.29, 0.717) is 0 Å². The van der Waals surface area contributed by atoms with Gasteiger partial charge < -0.3 is 14.6 Å². The van der Waals surface area contributed by atoms with Crippen molar-refractivity contribution in [2.75, 3.05) is 20.8 Å². The fourth-order valence-corrected chi connectivity index (χ4v) is 0.880. The Hall–Kier alpha value is -1.36. The lowest BCUT2D eigenvalue weighted by molar-refractivity contribution is -0.158. The van der Waals surface area contributed by atoms with Crippen molar-refractivity contribution >= 4 is 11.9 Å². The molecule has 0 aliphatic carbocycles. The lowest BCUT2D eigenvalue weighted by Gasteiger charge is -2.09. The summed E-state index contributed by atoms with van der Waals surface area (Å²) in [6.45, 7) is -0.130. The van der Waals surface area contributed by atoms with Gasteiger partial charge in [-0.3, -0.25) is 9.59 Å². The SMILES string of the molecule is COC(=O)C(C/C=C/CO)C(=O)OC. The Labute approximate surface area is 82.3 Å². The van der Waals surface area contributed by atoms with Gasteiger partial charge in [-0.2, -0.15) is 0 Å². The average Bonchev–Trinajstić information content (AvgIpc) is 2.22. The first-order valence-corrected chi connectivity index (χ1v) is 4.08. The molecule has 0 aromatic carbocycles. The summed E-state index contributed by atoms with van der Waals surface area (Å²) in [6.07, 6.45) is 3.14. The molecule has 0 amide bonds. The number of hydrogen-bond acceptors (Lipinski definition) is 5. The largest absolute Gasteiger partial charge is 0.468 e. The number of aliphatic hydroxyl groups is 1. The monoisotopic (exact) mass is 202 g/mol. The van der Waals surface area contributed by atoms with Crippen LogP contribution in [0.15, 0.2) is 12.2 Å². The van der Waals surface area contributed by atoms with E-state index in [1.54, 1.807) is 0 Å². The topological polar surface area (TPSA) is 72.8 Å². The summed E-state index contributed by atoms with van der Waals surface area (Å²) < 4.78 is 8.86. The van der Waals surface area contributed by atoms with Crippen molar-refractivity contribution in [2.45, 2.75) is 6.42 Å². The Bertz CT molecular complexity index is 205. The summed E-state index contributed by atoms with van der Waals surface area (Å²) in [5.74, 6) is -2.23. The number of aliphatic hydroxyl groups excluding tert-OH is 1. The Morgan fingerprint density at radius 2 is 1.71 bits per heavy atom. The number of hydrogen-bond donors (Lipinski definition) is 1. The van der Waals surface area contributed by atoms with Crippen LogP contribution in [-0.4, -0.2) is 37.9 Å². The van der Waals surface area contributed by atoms with Gasteiger partial charge in [0.05, 0.1) is 20.8 Å². The van der Waals surface area contributed by atoms with E-state index in [0.717, 1.165) is 0 Å². The van der Waals surface area contributed by atoms with Crippen molar-refractivity contribution in [1.29, 1.82) is 0 Å². The minimum absolute atomic E-state index is 0.130. The van der Waals surface area contributed by atoms with Gasteiger partial charge in [0, 0.05) is 0 Å². The van der Waals surface area contributed by atoms with Crippen LogP contribution in [0.25, 0.3) is 0 Å². The van der Waals surface area contributed by atoms with Crippen LogP contribution < -0.4 is 0 Å². The van der Waals surface area contributed by atoms with Crippen molar-refractivity contribution in [3.63, 3.8) is 0 Å². The van der Waals surface area contributed by atoms with E-state index in [2.05, 4.69) is 9.47 Å². The third-order valence-corrected chi connectivity index (χ3v) is 1.62. The van der Waals surface area contributed by atoms with Gasteiger partial charge in [-0.15, -0.1) is 0 Å². The van der Waals surface area contributed by atoms with Crippen LogP contribution in [0.5, 0.6) is 0 Å². The minimum Gasteiger partial charge on any atom is -0.468 e. The molecule has 0 rings (SSSR count). The third-order valence-electron chi connectivity index (χ3n) is 1.62. The molecule has 5 nitrogen and oxygen atoms in total. The first-order chi connectivity index (χ1) is 6.67. The Balaban J connectivity index is 4.32. The lowest BCUT2D eigenvalue weighted by atomic mass is 10.1. The van der Waals surface area contributed by atoms with E-state index in [1.807, 2.05) is 0 Å². The molecule has 0 bridgehead atoms. The zero-order valence-electron chi connectivity index (χ0n) is 8.23. The second-order valence-corrected chi connectivity index (χ2v) is 2.49. The normalized spacial score (nSPS) is 10.6. The van der Waals surface area contributed by atoms with Gasteiger partial charge in [0.1, 0.15) is 0 Å². The fourth-order valence-electron chi connectivity index (χ4n) is 0.880. The summed E-state index contributed by atoms with van der Waals surface area (Å²) in [7, 11) is 2.40. The van der Waals surface area contributed by atoms with E-state index in [-0.39, 0.29) is 13.0 Å². The van der Waals surface area contributed by atoms with Gasteiger partial charge in [0.2, 0.25) is 0 Å². The highest BCUT2D eigenvalue weighted by atomic mass is 16.5. The molecule has 0 radical (unpaired) electrons. The van der Waals surface area contributed by atoms with Gasteiger partial charge >= 0.3 is 11.9 Å².